The summed E-state index contributed by atoms with van der Waals surface area (Å²) in [4.78, 5) is 9.48. The SMILES string of the molecule is Cc1nsc2ncnc(NCC(C)(C)CCN)c12. The number of anilines is 1. The Labute approximate surface area is 111 Å². The van der Waals surface area contributed by atoms with Crippen LogP contribution >= 0.6 is 11.5 Å². The molecule has 18 heavy (non-hydrogen) atoms. The van der Waals surface area contributed by atoms with E-state index >= 15 is 0 Å². The molecule has 0 fully saturated rings. The second-order valence-electron chi connectivity index (χ2n) is 5.23. The van der Waals surface area contributed by atoms with Crippen molar-refractivity contribution in [1.82, 2.24) is 14.3 Å². The number of hydrogen-bond acceptors (Lipinski definition) is 6. The van der Waals surface area contributed by atoms with Crippen molar-refractivity contribution in [1.29, 1.82) is 0 Å². The van der Waals surface area contributed by atoms with Gasteiger partial charge in [0.05, 0.1) is 11.1 Å². The largest absolute Gasteiger partial charge is 0.369 e. The maximum atomic E-state index is 5.62. The summed E-state index contributed by atoms with van der Waals surface area (Å²) in [5, 5.41) is 4.43. The molecule has 0 spiro atoms. The van der Waals surface area contributed by atoms with Gasteiger partial charge in [0.1, 0.15) is 17.0 Å². The maximum Gasteiger partial charge on any atom is 0.149 e. The summed E-state index contributed by atoms with van der Waals surface area (Å²) < 4.78 is 4.32. The van der Waals surface area contributed by atoms with Crippen LogP contribution in [0.1, 0.15) is 26.0 Å². The molecule has 0 aliphatic rings. The Hall–Kier alpha value is -1.27. The number of aryl methyl sites for hydroxylation is 1. The Kier molecular flexibility index (Phi) is 3.77. The number of nitrogens with zero attached hydrogens (tertiary/aromatic N) is 3. The second-order valence-corrected chi connectivity index (χ2v) is 5.98. The quantitative estimate of drug-likeness (QED) is 0.866. The predicted octanol–water partition coefficient (Wildman–Crippen LogP) is 2.18. The first-order valence-corrected chi connectivity index (χ1v) is 6.82. The summed E-state index contributed by atoms with van der Waals surface area (Å²) in [5.74, 6) is 0.872. The minimum absolute atomic E-state index is 0.156. The average molecular weight is 265 g/mol. The Bertz CT molecular complexity index is 534. The van der Waals surface area contributed by atoms with Crippen molar-refractivity contribution < 1.29 is 0 Å². The molecular formula is C12H19N5S. The monoisotopic (exact) mass is 265 g/mol. The van der Waals surface area contributed by atoms with Crippen LogP contribution in [-0.2, 0) is 0 Å². The van der Waals surface area contributed by atoms with Gasteiger partial charge in [0.25, 0.3) is 0 Å². The van der Waals surface area contributed by atoms with Crippen molar-refractivity contribution >= 4 is 27.6 Å². The number of aromatic nitrogens is 3. The van der Waals surface area contributed by atoms with E-state index in [2.05, 4.69) is 33.5 Å². The lowest BCUT2D eigenvalue weighted by atomic mass is 9.89. The highest BCUT2D eigenvalue weighted by Crippen LogP contribution is 2.27. The van der Waals surface area contributed by atoms with Gasteiger partial charge >= 0.3 is 0 Å². The van der Waals surface area contributed by atoms with E-state index in [1.54, 1.807) is 6.33 Å². The second kappa shape index (κ2) is 5.16. The summed E-state index contributed by atoms with van der Waals surface area (Å²) in [5.41, 5.74) is 6.76. The van der Waals surface area contributed by atoms with E-state index < -0.39 is 0 Å². The summed E-state index contributed by atoms with van der Waals surface area (Å²) in [6, 6.07) is 0. The minimum atomic E-state index is 0.156. The molecule has 0 bridgehead atoms. The molecule has 0 aromatic carbocycles. The smallest absolute Gasteiger partial charge is 0.149 e. The topological polar surface area (TPSA) is 76.7 Å². The van der Waals surface area contributed by atoms with Crippen LogP contribution in [0.5, 0.6) is 0 Å². The maximum absolute atomic E-state index is 5.62. The molecule has 0 unspecified atom stereocenters. The molecular weight excluding hydrogens is 246 g/mol. The first-order valence-electron chi connectivity index (χ1n) is 6.04. The van der Waals surface area contributed by atoms with E-state index in [-0.39, 0.29) is 5.41 Å². The van der Waals surface area contributed by atoms with Gasteiger partial charge in [-0.25, -0.2) is 9.97 Å². The van der Waals surface area contributed by atoms with E-state index in [4.69, 9.17) is 5.73 Å². The standard InChI is InChI=1S/C12H19N5S/c1-8-9-10(14-6-12(2,3)4-5-13)15-7-16-11(9)18-17-8/h7H,4-6,13H2,1-3H3,(H,14,15,16). The van der Waals surface area contributed by atoms with E-state index in [1.165, 1.54) is 11.5 Å². The molecule has 0 aliphatic carbocycles. The molecule has 0 atom stereocenters. The van der Waals surface area contributed by atoms with Crippen LogP contribution in [-0.4, -0.2) is 27.4 Å². The van der Waals surface area contributed by atoms with Gasteiger partial charge in [-0.05, 0) is 36.8 Å². The first-order chi connectivity index (χ1) is 8.53. The lowest BCUT2D eigenvalue weighted by Gasteiger charge is -2.24. The number of nitrogens with two attached hydrogens (primary N) is 1. The average Bonchev–Trinajstić information content (AvgIpc) is 2.69. The third-order valence-electron chi connectivity index (χ3n) is 3.00. The zero-order valence-electron chi connectivity index (χ0n) is 11.0. The van der Waals surface area contributed by atoms with Crippen molar-refractivity contribution in [2.45, 2.75) is 27.2 Å². The lowest BCUT2D eigenvalue weighted by molar-refractivity contribution is 0.365. The number of fused-ring (bicyclic) bond motifs is 1. The zero-order chi connectivity index (χ0) is 13.2. The highest BCUT2D eigenvalue weighted by Gasteiger charge is 2.18. The molecule has 0 saturated heterocycles. The van der Waals surface area contributed by atoms with Gasteiger partial charge < -0.3 is 11.1 Å². The fourth-order valence-electron chi connectivity index (χ4n) is 1.86. The summed E-state index contributed by atoms with van der Waals surface area (Å²) in [6.45, 7) is 7.92. The first kappa shape index (κ1) is 13.2. The van der Waals surface area contributed by atoms with E-state index in [9.17, 15) is 0 Å². The van der Waals surface area contributed by atoms with Gasteiger partial charge in [0, 0.05) is 6.54 Å². The number of hydrogen-bond donors (Lipinski definition) is 2. The van der Waals surface area contributed by atoms with Gasteiger partial charge in [0.15, 0.2) is 0 Å². The summed E-state index contributed by atoms with van der Waals surface area (Å²) in [6.07, 6.45) is 2.56. The van der Waals surface area contributed by atoms with Gasteiger partial charge in [-0.2, -0.15) is 4.37 Å². The third-order valence-corrected chi connectivity index (χ3v) is 3.85. The summed E-state index contributed by atoms with van der Waals surface area (Å²) >= 11 is 1.41. The molecule has 5 nitrogen and oxygen atoms in total. The van der Waals surface area contributed by atoms with Crippen LogP contribution in [0.25, 0.3) is 10.2 Å². The third kappa shape index (κ3) is 2.76. The van der Waals surface area contributed by atoms with Crippen LogP contribution in [0.3, 0.4) is 0 Å². The molecule has 0 aliphatic heterocycles. The highest BCUT2D eigenvalue weighted by atomic mass is 32.1. The van der Waals surface area contributed by atoms with Crippen LogP contribution in [0.2, 0.25) is 0 Å². The molecule has 3 N–H and O–H groups in total. The van der Waals surface area contributed by atoms with Crippen molar-refractivity contribution in [2.24, 2.45) is 11.1 Å². The van der Waals surface area contributed by atoms with Gasteiger partial charge in [0.2, 0.25) is 0 Å². The zero-order valence-corrected chi connectivity index (χ0v) is 11.8. The van der Waals surface area contributed by atoms with E-state index in [1.807, 2.05) is 6.92 Å². The number of nitrogens with one attached hydrogen (secondary N) is 1. The van der Waals surface area contributed by atoms with Crippen LogP contribution in [0.15, 0.2) is 6.33 Å². The Morgan fingerprint density at radius 2 is 2.17 bits per heavy atom. The van der Waals surface area contributed by atoms with Crippen molar-refractivity contribution in [2.75, 3.05) is 18.4 Å². The predicted molar refractivity (Wildman–Crippen MR) is 75.9 cm³/mol. The fourth-order valence-corrected chi connectivity index (χ4v) is 2.60. The minimum Gasteiger partial charge on any atom is -0.369 e. The normalized spacial score (nSPS) is 12.0. The molecule has 2 aromatic rings. The van der Waals surface area contributed by atoms with Crippen LogP contribution < -0.4 is 11.1 Å². The highest BCUT2D eigenvalue weighted by molar-refractivity contribution is 7.13. The molecule has 0 saturated carbocycles. The fraction of sp³-hybridized carbons (Fsp3) is 0.583. The molecule has 2 heterocycles. The Morgan fingerprint density at radius 3 is 2.89 bits per heavy atom. The van der Waals surface area contributed by atoms with Crippen LogP contribution in [0.4, 0.5) is 5.82 Å². The van der Waals surface area contributed by atoms with Crippen molar-refractivity contribution in [3.05, 3.63) is 12.0 Å². The molecule has 0 radical (unpaired) electrons. The van der Waals surface area contributed by atoms with E-state index in [0.717, 1.165) is 34.7 Å². The molecule has 2 rings (SSSR count). The van der Waals surface area contributed by atoms with Gasteiger partial charge in [-0.3, -0.25) is 0 Å². The van der Waals surface area contributed by atoms with E-state index in [0.29, 0.717) is 6.54 Å². The van der Waals surface area contributed by atoms with Crippen molar-refractivity contribution in [3.8, 4) is 0 Å². The molecule has 0 amide bonds. The van der Waals surface area contributed by atoms with Crippen LogP contribution in [0, 0.1) is 12.3 Å². The van der Waals surface area contributed by atoms with Gasteiger partial charge in [-0.15, -0.1) is 0 Å². The molecule has 6 heteroatoms. The summed E-state index contributed by atoms with van der Waals surface area (Å²) in [7, 11) is 0. The molecule has 2 aromatic heterocycles. The van der Waals surface area contributed by atoms with Crippen molar-refractivity contribution in [3.63, 3.8) is 0 Å². The lowest BCUT2D eigenvalue weighted by Crippen LogP contribution is -2.26. The molecule has 98 valence electrons. The van der Waals surface area contributed by atoms with Gasteiger partial charge in [-0.1, -0.05) is 13.8 Å². The Morgan fingerprint density at radius 1 is 1.39 bits per heavy atom. The number of rotatable bonds is 5. The Balaban J connectivity index is 2.19.